The molecule has 0 aromatic heterocycles. The first-order valence-corrected chi connectivity index (χ1v) is 13.5. The molecule has 0 aliphatic rings. The van der Waals surface area contributed by atoms with Crippen molar-refractivity contribution in [2.75, 3.05) is 17.4 Å². The Hall–Kier alpha value is -3.72. The molecule has 3 rings (SSSR count). The number of hydrogen-bond acceptors (Lipinski definition) is 4. The second-order valence-electron chi connectivity index (χ2n) is 8.79. The number of anilines is 1. The summed E-state index contributed by atoms with van der Waals surface area (Å²) in [5, 5.41) is 2.71. The largest absolute Gasteiger partial charge is 0.355 e. The van der Waals surface area contributed by atoms with E-state index < -0.39 is 34.3 Å². The Balaban J connectivity index is 2.05. The van der Waals surface area contributed by atoms with Gasteiger partial charge in [-0.05, 0) is 63.1 Å². The van der Waals surface area contributed by atoms with E-state index in [-0.39, 0.29) is 23.0 Å². The highest BCUT2D eigenvalue weighted by Gasteiger charge is 2.33. The zero-order chi connectivity index (χ0) is 27.2. The number of para-hydroxylation sites is 1. The van der Waals surface area contributed by atoms with Crippen molar-refractivity contribution < 1.29 is 22.4 Å². The van der Waals surface area contributed by atoms with Crippen LogP contribution in [0.3, 0.4) is 0 Å². The molecule has 0 radical (unpaired) electrons. The number of carbonyl (C=O) groups excluding carboxylic acids is 2. The molecule has 0 fully saturated rings. The number of rotatable bonds is 10. The van der Waals surface area contributed by atoms with Gasteiger partial charge in [-0.2, -0.15) is 0 Å². The molecule has 2 amide bonds. The summed E-state index contributed by atoms with van der Waals surface area (Å²) in [5.41, 5.74) is 2.33. The summed E-state index contributed by atoms with van der Waals surface area (Å²) in [4.78, 5) is 27.7. The first-order valence-electron chi connectivity index (χ1n) is 12.0. The van der Waals surface area contributed by atoms with Gasteiger partial charge in [0.25, 0.3) is 10.0 Å². The molecule has 0 saturated heterocycles. The fraction of sp³-hybridized carbons (Fsp3) is 0.286. The van der Waals surface area contributed by atoms with Crippen LogP contribution in [0, 0.1) is 19.7 Å². The smallest absolute Gasteiger partial charge is 0.264 e. The van der Waals surface area contributed by atoms with Gasteiger partial charge in [-0.1, -0.05) is 54.1 Å². The van der Waals surface area contributed by atoms with Gasteiger partial charge in [0.2, 0.25) is 11.8 Å². The van der Waals surface area contributed by atoms with Crippen LogP contribution in [0.25, 0.3) is 0 Å². The van der Waals surface area contributed by atoms with Crippen LogP contribution in [-0.2, 0) is 26.2 Å². The number of nitrogens with one attached hydrogen (secondary N) is 1. The lowest BCUT2D eigenvalue weighted by atomic mass is 10.1. The number of likely N-dealkylation sites (N-methyl/N-ethyl adjacent to an activating group) is 1. The van der Waals surface area contributed by atoms with E-state index in [9.17, 15) is 22.4 Å². The van der Waals surface area contributed by atoms with Crippen LogP contribution < -0.4 is 9.62 Å². The average Bonchev–Trinajstić information content (AvgIpc) is 2.87. The van der Waals surface area contributed by atoms with Gasteiger partial charge < -0.3 is 10.2 Å². The molecule has 0 saturated carbocycles. The highest BCUT2D eigenvalue weighted by molar-refractivity contribution is 7.92. The molecule has 37 heavy (non-hydrogen) atoms. The van der Waals surface area contributed by atoms with Crippen molar-refractivity contribution in [2.45, 2.75) is 45.2 Å². The van der Waals surface area contributed by atoms with E-state index in [2.05, 4.69) is 5.32 Å². The Bertz CT molecular complexity index is 1360. The minimum atomic E-state index is -4.31. The van der Waals surface area contributed by atoms with Crippen molar-refractivity contribution in [3.8, 4) is 0 Å². The number of sulfonamides is 1. The lowest BCUT2D eigenvalue weighted by Gasteiger charge is -2.32. The van der Waals surface area contributed by atoms with Crippen molar-refractivity contribution in [2.24, 2.45) is 0 Å². The first kappa shape index (κ1) is 27.9. The quantitative estimate of drug-likeness (QED) is 0.430. The second-order valence-corrected chi connectivity index (χ2v) is 10.7. The highest BCUT2D eigenvalue weighted by atomic mass is 32.2. The Morgan fingerprint density at radius 2 is 1.57 bits per heavy atom. The fourth-order valence-electron chi connectivity index (χ4n) is 3.88. The number of halogens is 1. The molecule has 0 bridgehead atoms. The number of benzene rings is 3. The molecule has 0 aliphatic carbocycles. The van der Waals surface area contributed by atoms with Crippen LogP contribution in [-0.4, -0.2) is 44.3 Å². The third kappa shape index (κ3) is 6.54. The van der Waals surface area contributed by atoms with Gasteiger partial charge in [0.1, 0.15) is 18.4 Å². The van der Waals surface area contributed by atoms with Crippen LogP contribution in [0.5, 0.6) is 0 Å². The third-order valence-corrected chi connectivity index (χ3v) is 7.90. The van der Waals surface area contributed by atoms with Crippen molar-refractivity contribution in [1.29, 1.82) is 0 Å². The van der Waals surface area contributed by atoms with E-state index in [0.29, 0.717) is 6.54 Å². The molecule has 9 heteroatoms. The summed E-state index contributed by atoms with van der Waals surface area (Å²) in [7, 11) is -4.31. The summed E-state index contributed by atoms with van der Waals surface area (Å²) < 4.78 is 43.0. The van der Waals surface area contributed by atoms with Crippen molar-refractivity contribution in [3.63, 3.8) is 0 Å². The number of carbonyl (C=O) groups is 2. The van der Waals surface area contributed by atoms with E-state index in [1.54, 1.807) is 26.0 Å². The number of hydrogen-bond donors (Lipinski definition) is 1. The molecular formula is C28H32FN3O4S. The number of aryl methyl sites for hydroxylation is 2. The zero-order valence-electron chi connectivity index (χ0n) is 21.4. The molecule has 0 aliphatic heterocycles. The van der Waals surface area contributed by atoms with Gasteiger partial charge in [-0.25, -0.2) is 12.8 Å². The Morgan fingerprint density at radius 3 is 2.19 bits per heavy atom. The van der Waals surface area contributed by atoms with E-state index in [1.807, 2.05) is 38.1 Å². The third-order valence-electron chi connectivity index (χ3n) is 6.13. The topological polar surface area (TPSA) is 86.8 Å². The summed E-state index contributed by atoms with van der Waals surface area (Å²) >= 11 is 0. The number of amides is 2. The van der Waals surface area contributed by atoms with Gasteiger partial charge in [0, 0.05) is 13.1 Å². The predicted molar refractivity (Wildman–Crippen MR) is 142 cm³/mol. The summed E-state index contributed by atoms with van der Waals surface area (Å²) in [6, 6.07) is 18.1. The van der Waals surface area contributed by atoms with Crippen LogP contribution >= 0.6 is 0 Å². The van der Waals surface area contributed by atoms with Crippen molar-refractivity contribution in [1.82, 2.24) is 10.2 Å². The maximum absolute atomic E-state index is 14.9. The molecule has 3 aromatic carbocycles. The van der Waals surface area contributed by atoms with Crippen LogP contribution in [0.4, 0.5) is 10.1 Å². The maximum atomic E-state index is 14.9. The van der Waals surface area contributed by atoms with Gasteiger partial charge in [0.05, 0.1) is 10.6 Å². The Morgan fingerprint density at radius 1 is 0.946 bits per heavy atom. The molecule has 3 aromatic rings. The minimum Gasteiger partial charge on any atom is -0.355 e. The highest BCUT2D eigenvalue weighted by Crippen LogP contribution is 2.27. The molecule has 0 spiro atoms. The van der Waals surface area contributed by atoms with Crippen LogP contribution in [0.15, 0.2) is 77.7 Å². The van der Waals surface area contributed by atoms with Gasteiger partial charge in [-0.3, -0.25) is 13.9 Å². The minimum absolute atomic E-state index is 0.0728. The molecule has 0 heterocycles. The maximum Gasteiger partial charge on any atom is 0.264 e. The molecule has 0 unspecified atom stereocenters. The Kier molecular flexibility index (Phi) is 9.04. The summed E-state index contributed by atoms with van der Waals surface area (Å²) in [5.74, 6) is -1.79. The SMILES string of the molecule is CCNC(=O)[C@H](C)N(Cc1ccccc1C)C(=O)CN(c1ccccc1F)S(=O)(=O)c1ccc(C)cc1. The predicted octanol–water partition coefficient (Wildman–Crippen LogP) is 4.19. The summed E-state index contributed by atoms with van der Waals surface area (Å²) in [6.07, 6.45) is 0. The molecule has 7 nitrogen and oxygen atoms in total. The fourth-order valence-corrected chi connectivity index (χ4v) is 5.30. The lowest BCUT2D eigenvalue weighted by Crippen LogP contribution is -2.51. The van der Waals surface area contributed by atoms with E-state index >= 15 is 0 Å². The average molecular weight is 526 g/mol. The monoisotopic (exact) mass is 525 g/mol. The second kappa shape index (κ2) is 12.0. The molecule has 196 valence electrons. The van der Waals surface area contributed by atoms with E-state index in [1.165, 1.54) is 35.2 Å². The van der Waals surface area contributed by atoms with Crippen molar-refractivity contribution in [3.05, 3.63) is 95.3 Å². The summed E-state index contributed by atoms with van der Waals surface area (Å²) in [6.45, 7) is 6.84. The van der Waals surface area contributed by atoms with E-state index in [0.717, 1.165) is 27.1 Å². The standard InChI is InChI=1S/C28H32FN3O4S/c1-5-30-28(34)22(4)31(18-23-11-7-6-10-21(23)3)27(33)19-32(26-13-9-8-12-25(26)29)37(35,36)24-16-14-20(2)15-17-24/h6-17,22H,5,18-19H2,1-4H3,(H,30,34)/t22-/m0/s1. The zero-order valence-corrected chi connectivity index (χ0v) is 22.3. The normalized spacial score (nSPS) is 12.0. The van der Waals surface area contributed by atoms with E-state index in [4.69, 9.17) is 0 Å². The van der Waals surface area contributed by atoms with Gasteiger partial charge in [0.15, 0.2) is 0 Å². The van der Waals surface area contributed by atoms with Crippen molar-refractivity contribution >= 4 is 27.5 Å². The molecule has 1 atom stereocenters. The lowest BCUT2D eigenvalue weighted by molar-refractivity contribution is -0.139. The number of nitrogens with zero attached hydrogens (tertiary/aromatic N) is 2. The van der Waals surface area contributed by atoms with Crippen LogP contribution in [0.2, 0.25) is 0 Å². The van der Waals surface area contributed by atoms with Gasteiger partial charge >= 0.3 is 0 Å². The first-order chi connectivity index (χ1) is 17.6. The molecule has 1 N–H and O–H groups in total. The Labute approximate surface area is 218 Å². The van der Waals surface area contributed by atoms with Gasteiger partial charge in [-0.15, -0.1) is 0 Å². The van der Waals surface area contributed by atoms with Crippen LogP contribution in [0.1, 0.15) is 30.5 Å². The molecular weight excluding hydrogens is 493 g/mol.